The van der Waals surface area contributed by atoms with Gasteiger partial charge >= 0.3 is 0 Å². The van der Waals surface area contributed by atoms with E-state index >= 15 is 0 Å². The average Bonchev–Trinajstić information content (AvgIpc) is 2.76. The van der Waals surface area contributed by atoms with Crippen molar-refractivity contribution in [1.29, 1.82) is 0 Å². The molecule has 0 radical (unpaired) electrons. The number of hydrogen-bond donors (Lipinski definition) is 1. The predicted molar refractivity (Wildman–Crippen MR) is 69.4 cm³/mol. The predicted octanol–water partition coefficient (Wildman–Crippen LogP) is 0.930. The highest BCUT2D eigenvalue weighted by molar-refractivity contribution is 7.09. The van der Waals surface area contributed by atoms with Crippen molar-refractivity contribution in [2.75, 3.05) is 0 Å². The van der Waals surface area contributed by atoms with Gasteiger partial charge < -0.3 is 9.88 Å². The molecule has 1 N–H and O–H groups in total. The summed E-state index contributed by atoms with van der Waals surface area (Å²) in [5.41, 5.74) is 0.765. The summed E-state index contributed by atoms with van der Waals surface area (Å²) in [7, 11) is 0. The molecular formula is C12H13N3O2S. The van der Waals surface area contributed by atoms with Crippen LogP contribution in [0, 0.1) is 6.92 Å². The van der Waals surface area contributed by atoms with E-state index in [0.29, 0.717) is 6.54 Å². The zero-order valence-electron chi connectivity index (χ0n) is 9.92. The fourth-order valence-corrected chi connectivity index (χ4v) is 2.17. The molecule has 2 heterocycles. The van der Waals surface area contributed by atoms with Crippen LogP contribution in [0.2, 0.25) is 0 Å². The normalized spacial score (nSPS) is 10.3. The van der Waals surface area contributed by atoms with Crippen LogP contribution in [0.15, 0.2) is 34.6 Å². The molecule has 0 fully saturated rings. The molecule has 6 heteroatoms. The number of carbonyl (C=O) groups is 1. The molecular weight excluding hydrogens is 250 g/mol. The lowest BCUT2D eigenvalue weighted by atomic mass is 10.4. The molecule has 1 amide bonds. The highest BCUT2D eigenvalue weighted by atomic mass is 32.1. The van der Waals surface area contributed by atoms with Crippen LogP contribution in [0.4, 0.5) is 0 Å². The van der Waals surface area contributed by atoms with Crippen LogP contribution in [-0.4, -0.2) is 15.5 Å². The van der Waals surface area contributed by atoms with Gasteiger partial charge in [0.1, 0.15) is 11.6 Å². The fourth-order valence-electron chi connectivity index (χ4n) is 1.46. The van der Waals surface area contributed by atoms with Crippen molar-refractivity contribution in [3.8, 4) is 0 Å². The quantitative estimate of drug-likeness (QED) is 0.892. The van der Waals surface area contributed by atoms with Gasteiger partial charge in [0, 0.05) is 23.3 Å². The van der Waals surface area contributed by atoms with Crippen molar-refractivity contribution < 1.29 is 4.79 Å². The standard InChI is InChI=1S/C12H13N3O2S/c1-9-8-18-11(14-9)6-13-10(16)7-15-5-3-2-4-12(15)17/h2-5,8H,6-7H2,1H3,(H,13,16). The summed E-state index contributed by atoms with van der Waals surface area (Å²) < 4.78 is 1.36. The zero-order chi connectivity index (χ0) is 13.0. The van der Waals surface area contributed by atoms with Crippen LogP contribution >= 0.6 is 11.3 Å². The number of nitrogens with one attached hydrogen (secondary N) is 1. The maximum Gasteiger partial charge on any atom is 0.250 e. The van der Waals surface area contributed by atoms with E-state index in [1.54, 1.807) is 18.3 Å². The Morgan fingerprint density at radius 2 is 2.33 bits per heavy atom. The number of pyridine rings is 1. The Kier molecular flexibility index (Phi) is 3.88. The molecule has 0 aliphatic heterocycles. The molecule has 94 valence electrons. The van der Waals surface area contributed by atoms with Crippen LogP contribution in [0.1, 0.15) is 10.7 Å². The Morgan fingerprint density at radius 1 is 1.50 bits per heavy atom. The van der Waals surface area contributed by atoms with Gasteiger partial charge in [-0.05, 0) is 13.0 Å². The van der Waals surface area contributed by atoms with Crippen LogP contribution in [-0.2, 0) is 17.9 Å². The fraction of sp³-hybridized carbons (Fsp3) is 0.250. The van der Waals surface area contributed by atoms with E-state index in [1.807, 2.05) is 12.3 Å². The van der Waals surface area contributed by atoms with Crippen molar-refractivity contribution >= 4 is 17.2 Å². The molecule has 0 aliphatic rings. The number of nitrogens with zero attached hydrogens (tertiary/aromatic N) is 2. The van der Waals surface area contributed by atoms with Crippen LogP contribution < -0.4 is 10.9 Å². The molecule has 0 atom stereocenters. The van der Waals surface area contributed by atoms with E-state index in [1.165, 1.54) is 22.0 Å². The first kappa shape index (κ1) is 12.5. The highest BCUT2D eigenvalue weighted by Gasteiger charge is 2.05. The summed E-state index contributed by atoms with van der Waals surface area (Å²) in [5.74, 6) is -0.198. The van der Waals surface area contributed by atoms with Gasteiger partial charge in [-0.25, -0.2) is 4.98 Å². The lowest BCUT2D eigenvalue weighted by Gasteiger charge is -2.05. The number of aryl methyl sites for hydroxylation is 1. The van der Waals surface area contributed by atoms with Gasteiger partial charge in [-0.15, -0.1) is 11.3 Å². The first-order chi connectivity index (χ1) is 8.65. The van der Waals surface area contributed by atoms with Crippen molar-refractivity contribution in [3.63, 3.8) is 0 Å². The highest BCUT2D eigenvalue weighted by Crippen LogP contribution is 2.07. The van der Waals surface area contributed by atoms with Gasteiger partial charge in [0.25, 0.3) is 5.56 Å². The second-order valence-electron chi connectivity index (χ2n) is 3.83. The first-order valence-corrected chi connectivity index (χ1v) is 6.36. The second-order valence-corrected chi connectivity index (χ2v) is 4.77. The summed E-state index contributed by atoms with van der Waals surface area (Å²) in [5, 5.41) is 5.53. The third-order valence-electron chi connectivity index (χ3n) is 2.32. The van der Waals surface area contributed by atoms with Crippen molar-refractivity contribution in [3.05, 3.63) is 50.8 Å². The van der Waals surface area contributed by atoms with Crippen LogP contribution in [0.5, 0.6) is 0 Å². The third kappa shape index (κ3) is 3.27. The molecule has 0 unspecified atom stereocenters. The molecule has 2 rings (SSSR count). The van der Waals surface area contributed by atoms with Crippen molar-refractivity contribution in [1.82, 2.24) is 14.9 Å². The minimum Gasteiger partial charge on any atom is -0.348 e. The molecule has 18 heavy (non-hydrogen) atoms. The van der Waals surface area contributed by atoms with Gasteiger partial charge in [-0.1, -0.05) is 6.07 Å². The molecule has 0 saturated carbocycles. The van der Waals surface area contributed by atoms with Crippen molar-refractivity contribution in [2.24, 2.45) is 0 Å². The number of amides is 1. The Morgan fingerprint density at radius 3 is 3.00 bits per heavy atom. The Balaban J connectivity index is 1.90. The molecule has 2 aromatic rings. The molecule has 2 aromatic heterocycles. The number of rotatable bonds is 4. The number of aromatic nitrogens is 2. The largest absolute Gasteiger partial charge is 0.348 e. The van der Waals surface area contributed by atoms with Gasteiger partial charge in [0.2, 0.25) is 5.91 Å². The van der Waals surface area contributed by atoms with Crippen LogP contribution in [0.3, 0.4) is 0 Å². The smallest absolute Gasteiger partial charge is 0.250 e. The molecule has 5 nitrogen and oxygen atoms in total. The lowest BCUT2D eigenvalue weighted by molar-refractivity contribution is -0.121. The number of carbonyl (C=O) groups excluding carboxylic acids is 1. The van der Waals surface area contributed by atoms with E-state index in [4.69, 9.17) is 0 Å². The summed E-state index contributed by atoms with van der Waals surface area (Å²) >= 11 is 1.51. The van der Waals surface area contributed by atoms with E-state index in [9.17, 15) is 9.59 Å². The number of hydrogen-bond acceptors (Lipinski definition) is 4. The maximum atomic E-state index is 11.7. The Bertz CT molecular complexity index is 603. The van der Waals surface area contributed by atoms with E-state index < -0.39 is 0 Å². The van der Waals surface area contributed by atoms with Gasteiger partial charge in [-0.3, -0.25) is 9.59 Å². The first-order valence-electron chi connectivity index (χ1n) is 5.48. The minimum atomic E-state index is -0.198. The summed E-state index contributed by atoms with van der Waals surface area (Å²) in [6, 6.07) is 4.80. The van der Waals surface area contributed by atoms with Gasteiger partial charge in [-0.2, -0.15) is 0 Å². The Labute approximate surface area is 108 Å². The molecule has 0 saturated heterocycles. The van der Waals surface area contributed by atoms with Crippen LogP contribution in [0.25, 0.3) is 0 Å². The van der Waals surface area contributed by atoms with E-state index in [-0.39, 0.29) is 18.0 Å². The summed E-state index contributed by atoms with van der Waals surface area (Å²) in [6.45, 7) is 2.34. The molecule has 0 spiro atoms. The maximum absolute atomic E-state index is 11.7. The SMILES string of the molecule is Cc1csc(CNC(=O)Cn2ccccc2=O)n1. The minimum absolute atomic E-state index is 0.0318. The van der Waals surface area contributed by atoms with Crippen molar-refractivity contribution in [2.45, 2.75) is 20.0 Å². The molecule has 0 aliphatic carbocycles. The second kappa shape index (κ2) is 5.59. The molecule has 0 aromatic carbocycles. The monoisotopic (exact) mass is 263 g/mol. The Hall–Kier alpha value is -1.95. The molecule has 0 bridgehead atoms. The van der Waals surface area contributed by atoms with E-state index in [0.717, 1.165) is 10.7 Å². The number of thiazole rings is 1. The summed E-state index contributed by atoms with van der Waals surface area (Å²) in [6.07, 6.45) is 1.59. The van der Waals surface area contributed by atoms with E-state index in [2.05, 4.69) is 10.3 Å². The average molecular weight is 263 g/mol. The lowest BCUT2D eigenvalue weighted by Crippen LogP contribution is -2.31. The van der Waals surface area contributed by atoms with Gasteiger partial charge in [0.05, 0.1) is 6.54 Å². The summed E-state index contributed by atoms with van der Waals surface area (Å²) in [4.78, 5) is 27.3. The third-order valence-corrected chi connectivity index (χ3v) is 3.28. The zero-order valence-corrected chi connectivity index (χ0v) is 10.7. The van der Waals surface area contributed by atoms with Gasteiger partial charge in [0.15, 0.2) is 0 Å². The topological polar surface area (TPSA) is 64.0 Å².